The molecule has 2 fully saturated rings. The molecule has 0 radical (unpaired) electrons. The van der Waals surface area contributed by atoms with Crippen molar-refractivity contribution in [1.29, 1.82) is 0 Å². The fraction of sp³-hybridized carbons (Fsp3) is 1.00. The lowest BCUT2D eigenvalue weighted by molar-refractivity contribution is 0.114. The van der Waals surface area contributed by atoms with E-state index in [0.717, 1.165) is 25.0 Å². The summed E-state index contributed by atoms with van der Waals surface area (Å²) >= 11 is 0. The van der Waals surface area contributed by atoms with Gasteiger partial charge < -0.3 is 11.1 Å². The maximum Gasteiger partial charge on any atom is 0.0136 e. The van der Waals surface area contributed by atoms with Crippen LogP contribution in [0.2, 0.25) is 0 Å². The predicted octanol–water partition coefficient (Wildman–Crippen LogP) is 0.799. The van der Waals surface area contributed by atoms with Gasteiger partial charge in [0.15, 0.2) is 0 Å². The van der Waals surface area contributed by atoms with Gasteiger partial charge in [-0.2, -0.15) is 0 Å². The summed E-state index contributed by atoms with van der Waals surface area (Å²) in [4.78, 5) is 2.69. The van der Waals surface area contributed by atoms with Crippen LogP contribution < -0.4 is 11.1 Å². The molecule has 1 saturated carbocycles. The lowest BCUT2D eigenvalue weighted by Gasteiger charge is -2.39. The van der Waals surface area contributed by atoms with Crippen LogP contribution in [0.5, 0.6) is 0 Å². The number of hydrogen-bond acceptors (Lipinski definition) is 3. The third-order valence-corrected chi connectivity index (χ3v) is 4.02. The van der Waals surface area contributed by atoms with Gasteiger partial charge in [0.05, 0.1) is 0 Å². The van der Waals surface area contributed by atoms with Crippen LogP contribution in [0.15, 0.2) is 0 Å². The van der Waals surface area contributed by atoms with E-state index in [1.807, 2.05) is 0 Å². The highest BCUT2D eigenvalue weighted by Gasteiger charge is 2.29. The van der Waals surface area contributed by atoms with Gasteiger partial charge in [-0.1, -0.05) is 12.8 Å². The third kappa shape index (κ3) is 2.92. The second-order valence-electron chi connectivity index (χ2n) is 4.99. The zero-order valence-corrected chi connectivity index (χ0v) is 9.75. The smallest absolute Gasteiger partial charge is 0.0136 e. The summed E-state index contributed by atoms with van der Waals surface area (Å²) in [5, 5.41) is 3.48. The van der Waals surface area contributed by atoms with Gasteiger partial charge in [0.2, 0.25) is 0 Å². The first-order valence-electron chi connectivity index (χ1n) is 6.56. The van der Waals surface area contributed by atoms with Crippen LogP contribution in [-0.2, 0) is 0 Å². The van der Waals surface area contributed by atoms with E-state index in [1.54, 1.807) is 0 Å². The molecule has 0 amide bonds. The molecule has 3 heteroatoms. The number of hydrogen-bond donors (Lipinski definition) is 2. The number of rotatable bonds is 2. The summed E-state index contributed by atoms with van der Waals surface area (Å²) in [7, 11) is 0. The molecule has 0 spiro atoms. The lowest BCUT2D eigenvalue weighted by atomic mass is 9.83. The van der Waals surface area contributed by atoms with E-state index in [-0.39, 0.29) is 0 Å². The molecule has 0 aromatic heterocycles. The molecule has 2 rings (SSSR count). The zero-order valence-electron chi connectivity index (χ0n) is 9.75. The molecule has 1 aliphatic heterocycles. The first kappa shape index (κ1) is 11.4. The standard InChI is InChI=1S/C12H25N3/c13-10-11-4-1-2-5-12(11)15-8-3-6-14-7-9-15/h11-12,14H,1-10,13H2. The molecule has 3 N–H and O–H groups in total. The van der Waals surface area contributed by atoms with Gasteiger partial charge in [0.25, 0.3) is 0 Å². The largest absolute Gasteiger partial charge is 0.330 e. The Kier molecular flexibility index (Phi) is 4.42. The van der Waals surface area contributed by atoms with Crippen molar-refractivity contribution in [2.75, 3.05) is 32.7 Å². The van der Waals surface area contributed by atoms with Crippen molar-refractivity contribution in [2.24, 2.45) is 11.7 Å². The highest BCUT2D eigenvalue weighted by atomic mass is 15.2. The van der Waals surface area contributed by atoms with Crippen molar-refractivity contribution >= 4 is 0 Å². The van der Waals surface area contributed by atoms with E-state index in [9.17, 15) is 0 Å². The fourth-order valence-corrected chi connectivity index (χ4v) is 3.14. The minimum atomic E-state index is 0.761. The predicted molar refractivity (Wildman–Crippen MR) is 63.9 cm³/mol. The van der Waals surface area contributed by atoms with Gasteiger partial charge in [-0.15, -0.1) is 0 Å². The summed E-state index contributed by atoms with van der Waals surface area (Å²) in [6.07, 6.45) is 6.83. The Bertz CT molecular complexity index is 176. The average Bonchev–Trinajstić information content (AvgIpc) is 2.57. The first-order valence-corrected chi connectivity index (χ1v) is 6.56. The van der Waals surface area contributed by atoms with Crippen LogP contribution >= 0.6 is 0 Å². The van der Waals surface area contributed by atoms with Crippen LogP contribution in [0, 0.1) is 5.92 Å². The molecule has 2 atom stereocenters. The van der Waals surface area contributed by atoms with Crippen molar-refractivity contribution in [2.45, 2.75) is 38.1 Å². The summed E-state index contributed by atoms with van der Waals surface area (Å²) in [5.41, 5.74) is 5.90. The second kappa shape index (κ2) is 5.83. The normalized spacial score (nSPS) is 35.0. The Morgan fingerprint density at radius 3 is 2.80 bits per heavy atom. The second-order valence-corrected chi connectivity index (χ2v) is 4.99. The van der Waals surface area contributed by atoms with Crippen molar-refractivity contribution in [1.82, 2.24) is 10.2 Å². The lowest BCUT2D eigenvalue weighted by Crippen LogP contribution is -2.46. The Hall–Kier alpha value is -0.120. The van der Waals surface area contributed by atoms with E-state index in [2.05, 4.69) is 10.2 Å². The van der Waals surface area contributed by atoms with E-state index in [0.29, 0.717) is 0 Å². The minimum absolute atomic E-state index is 0.761. The molecule has 2 aliphatic rings. The van der Waals surface area contributed by atoms with Crippen molar-refractivity contribution in [3.8, 4) is 0 Å². The molecule has 2 unspecified atom stereocenters. The number of nitrogens with two attached hydrogens (primary N) is 1. The Morgan fingerprint density at radius 1 is 1.07 bits per heavy atom. The number of nitrogens with zero attached hydrogens (tertiary/aromatic N) is 1. The molecule has 1 saturated heterocycles. The van der Waals surface area contributed by atoms with Crippen molar-refractivity contribution in [3.63, 3.8) is 0 Å². The van der Waals surface area contributed by atoms with E-state index in [1.165, 1.54) is 51.7 Å². The number of nitrogens with one attached hydrogen (secondary N) is 1. The molecule has 88 valence electrons. The Balaban J connectivity index is 1.92. The molecule has 0 bridgehead atoms. The Morgan fingerprint density at radius 2 is 1.93 bits per heavy atom. The molecule has 15 heavy (non-hydrogen) atoms. The van der Waals surface area contributed by atoms with Crippen LogP contribution in [0.25, 0.3) is 0 Å². The highest BCUT2D eigenvalue weighted by Crippen LogP contribution is 2.28. The first-order chi connectivity index (χ1) is 7.42. The zero-order chi connectivity index (χ0) is 10.5. The SMILES string of the molecule is NCC1CCCCC1N1CCCNCC1. The quantitative estimate of drug-likeness (QED) is 0.710. The van der Waals surface area contributed by atoms with Crippen LogP contribution in [-0.4, -0.2) is 43.7 Å². The third-order valence-electron chi connectivity index (χ3n) is 4.02. The fourth-order valence-electron chi connectivity index (χ4n) is 3.14. The maximum atomic E-state index is 5.90. The maximum absolute atomic E-state index is 5.90. The van der Waals surface area contributed by atoms with Crippen molar-refractivity contribution in [3.05, 3.63) is 0 Å². The molecule has 0 aromatic carbocycles. The average molecular weight is 211 g/mol. The Labute approximate surface area is 93.4 Å². The molecule has 3 nitrogen and oxygen atoms in total. The van der Waals surface area contributed by atoms with Gasteiger partial charge in [-0.05, 0) is 44.8 Å². The molecule has 0 aromatic rings. The van der Waals surface area contributed by atoms with E-state index in [4.69, 9.17) is 5.73 Å². The van der Waals surface area contributed by atoms with E-state index >= 15 is 0 Å². The van der Waals surface area contributed by atoms with Gasteiger partial charge in [0, 0.05) is 19.1 Å². The minimum Gasteiger partial charge on any atom is -0.330 e. The molecular formula is C12H25N3. The highest BCUT2D eigenvalue weighted by molar-refractivity contribution is 4.85. The van der Waals surface area contributed by atoms with Crippen LogP contribution in [0.1, 0.15) is 32.1 Å². The van der Waals surface area contributed by atoms with Crippen molar-refractivity contribution < 1.29 is 0 Å². The van der Waals surface area contributed by atoms with Crippen LogP contribution in [0.3, 0.4) is 0 Å². The summed E-state index contributed by atoms with van der Waals surface area (Å²) in [6, 6.07) is 0.781. The molecule has 1 heterocycles. The van der Waals surface area contributed by atoms with Gasteiger partial charge >= 0.3 is 0 Å². The monoisotopic (exact) mass is 211 g/mol. The summed E-state index contributed by atoms with van der Waals surface area (Å²) in [5.74, 6) is 0.761. The van der Waals surface area contributed by atoms with Gasteiger partial charge in [-0.25, -0.2) is 0 Å². The van der Waals surface area contributed by atoms with E-state index < -0.39 is 0 Å². The summed E-state index contributed by atoms with van der Waals surface area (Å²) < 4.78 is 0. The van der Waals surface area contributed by atoms with Crippen LogP contribution in [0.4, 0.5) is 0 Å². The van der Waals surface area contributed by atoms with Gasteiger partial charge in [0.1, 0.15) is 0 Å². The molecule has 1 aliphatic carbocycles. The molecular weight excluding hydrogens is 186 g/mol. The van der Waals surface area contributed by atoms with Gasteiger partial charge in [-0.3, -0.25) is 4.90 Å². The summed E-state index contributed by atoms with van der Waals surface area (Å²) in [6.45, 7) is 5.73. The topological polar surface area (TPSA) is 41.3 Å².